The van der Waals surface area contributed by atoms with Gasteiger partial charge in [0.2, 0.25) is 5.91 Å². The second kappa shape index (κ2) is 9.72. The molecule has 8 heteroatoms. The highest BCUT2D eigenvalue weighted by atomic mass is 79.9. The van der Waals surface area contributed by atoms with E-state index in [2.05, 4.69) is 45.1 Å². The first-order chi connectivity index (χ1) is 19.3. The van der Waals surface area contributed by atoms with Crippen molar-refractivity contribution in [3.8, 4) is 11.5 Å². The van der Waals surface area contributed by atoms with Crippen molar-refractivity contribution in [2.45, 2.75) is 61.3 Å². The van der Waals surface area contributed by atoms with E-state index >= 15 is 0 Å². The molecule has 2 aromatic carbocycles. The number of thiophene rings is 1. The molecule has 1 spiro atoms. The number of phenolic OH excluding ortho intramolecular Hbond substituents is 1. The number of benzene rings is 2. The van der Waals surface area contributed by atoms with Gasteiger partial charge >= 0.3 is 0 Å². The summed E-state index contributed by atoms with van der Waals surface area (Å²) in [7, 11) is 1.84. The number of aromatic hydroxyl groups is 1. The number of carbonyl (C=O) groups is 1. The van der Waals surface area contributed by atoms with E-state index in [0.29, 0.717) is 18.6 Å². The van der Waals surface area contributed by atoms with Crippen LogP contribution in [0.2, 0.25) is 0 Å². The highest BCUT2D eigenvalue weighted by Crippen LogP contribution is 2.65. The molecule has 3 heterocycles. The molecule has 6 nitrogen and oxygen atoms in total. The summed E-state index contributed by atoms with van der Waals surface area (Å²) in [5.41, 5.74) is 1.75. The van der Waals surface area contributed by atoms with E-state index in [1.54, 1.807) is 28.4 Å². The number of hydrogen-bond donors (Lipinski definition) is 2. The Hall–Kier alpha value is -2.65. The maximum Gasteiger partial charge on any atom is 0.246 e. The van der Waals surface area contributed by atoms with E-state index in [1.807, 2.05) is 36.7 Å². The molecule has 40 heavy (non-hydrogen) atoms. The average molecular weight is 622 g/mol. The van der Waals surface area contributed by atoms with Gasteiger partial charge in [0.1, 0.15) is 6.10 Å². The smallest absolute Gasteiger partial charge is 0.246 e. The van der Waals surface area contributed by atoms with Crippen molar-refractivity contribution in [2.75, 3.05) is 20.1 Å². The Labute approximate surface area is 247 Å². The zero-order valence-corrected chi connectivity index (χ0v) is 24.8. The third-order valence-electron chi connectivity index (χ3n) is 9.90. The predicted octanol–water partition coefficient (Wildman–Crippen LogP) is 5.15. The third kappa shape index (κ3) is 3.83. The van der Waals surface area contributed by atoms with Crippen LogP contribution in [0.3, 0.4) is 0 Å². The second-order valence-electron chi connectivity index (χ2n) is 11.7. The number of phenols is 1. The monoisotopic (exact) mass is 620 g/mol. The molecule has 3 aromatic rings. The molecule has 1 saturated carbocycles. The largest absolute Gasteiger partial charge is 0.504 e. The van der Waals surface area contributed by atoms with Crippen molar-refractivity contribution >= 4 is 39.2 Å². The molecule has 2 aliphatic carbocycles. The van der Waals surface area contributed by atoms with Crippen LogP contribution in [0.5, 0.6) is 11.5 Å². The molecular weight excluding hydrogens is 588 g/mol. The van der Waals surface area contributed by atoms with Crippen molar-refractivity contribution in [2.24, 2.45) is 0 Å². The van der Waals surface area contributed by atoms with E-state index in [4.69, 9.17) is 4.74 Å². The van der Waals surface area contributed by atoms with Crippen LogP contribution in [0.25, 0.3) is 6.08 Å². The first kappa shape index (κ1) is 26.3. The minimum absolute atomic E-state index is 0.0433. The lowest BCUT2D eigenvalue weighted by atomic mass is 9.48. The van der Waals surface area contributed by atoms with Crippen LogP contribution in [-0.4, -0.2) is 69.8 Å². The number of ether oxygens (including phenoxy) is 1. The number of likely N-dealkylation sites (N-methyl/N-ethyl adjacent to an activating group) is 1. The van der Waals surface area contributed by atoms with Gasteiger partial charge in [0.15, 0.2) is 11.5 Å². The standard InChI is InChI=1S/C32H33BrN2O4S/c1-34(27(37)10-8-23-18-22(33)19-40-23)24-11-13-32(38)26-17-21-7-9-25(36)29-28(21)31(32,30(24)39-29)14-16-35(26)15-12-20-5-3-2-4-6-20/h2-10,18-19,24,26,30,36,38H,11-17H2,1H3/b10-8+/t24-,26+,30-,31-,32+/m0/s1. The summed E-state index contributed by atoms with van der Waals surface area (Å²) in [4.78, 5) is 18.7. The fourth-order valence-electron chi connectivity index (χ4n) is 8.04. The summed E-state index contributed by atoms with van der Waals surface area (Å²) in [6, 6.07) is 16.0. The molecule has 0 radical (unpaired) electrons. The second-order valence-corrected chi connectivity index (χ2v) is 13.5. The van der Waals surface area contributed by atoms with Gasteiger partial charge < -0.3 is 19.8 Å². The molecule has 4 aliphatic rings. The maximum atomic E-state index is 13.4. The zero-order chi connectivity index (χ0) is 27.6. The molecule has 2 aliphatic heterocycles. The number of halogens is 1. The van der Waals surface area contributed by atoms with Crippen LogP contribution < -0.4 is 4.74 Å². The molecule has 1 aromatic heterocycles. The maximum absolute atomic E-state index is 13.4. The van der Waals surface area contributed by atoms with Gasteiger partial charge in [-0.1, -0.05) is 36.4 Å². The third-order valence-corrected chi connectivity index (χ3v) is 11.6. The molecule has 2 fully saturated rings. The quantitative estimate of drug-likeness (QED) is 0.373. The average Bonchev–Trinajstić information content (AvgIpc) is 3.53. The molecule has 1 saturated heterocycles. The molecule has 208 valence electrons. The first-order valence-corrected chi connectivity index (χ1v) is 15.7. The molecule has 2 bridgehead atoms. The fraction of sp³-hybridized carbons (Fsp3) is 0.406. The van der Waals surface area contributed by atoms with Crippen LogP contribution >= 0.6 is 27.3 Å². The Balaban J connectivity index is 1.22. The number of hydrogen-bond acceptors (Lipinski definition) is 6. The summed E-state index contributed by atoms with van der Waals surface area (Å²) >= 11 is 5.05. The van der Waals surface area contributed by atoms with Crippen molar-refractivity contribution in [1.29, 1.82) is 0 Å². The van der Waals surface area contributed by atoms with Crippen LogP contribution in [0.4, 0.5) is 0 Å². The predicted molar refractivity (Wildman–Crippen MR) is 160 cm³/mol. The minimum Gasteiger partial charge on any atom is -0.504 e. The Morgan fingerprint density at radius 1 is 1.25 bits per heavy atom. The van der Waals surface area contributed by atoms with E-state index < -0.39 is 17.1 Å². The lowest BCUT2D eigenvalue weighted by Crippen LogP contribution is -2.78. The minimum atomic E-state index is -1.00. The van der Waals surface area contributed by atoms with Crippen molar-refractivity contribution in [3.63, 3.8) is 0 Å². The molecule has 5 atom stereocenters. The fourth-order valence-corrected chi connectivity index (χ4v) is 9.37. The molecule has 7 rings (SSSR count). The number of aliphatic hydroxyl groups is 1. The van der Waals surface area contributed by atoms with E-state index in [9.17, 15) is 15.0 Å². The molecular formula is C32H33BrN2O4S. The molecule has 2 N–H and O–H groups in total. The van der Waals surface area contributed by atoms with Gasteiger partial charge in [0.25, 0.3) is 0 Å². The molecule has 0 unspecified atom stereocenters. The van der Waals surface area contributed by atoms with Crippen molar-refractivity contribution < 1.29 is 19.7 Å². The number of rotatable bonds is 6. The van der Waals surface area contributed by atoms with E-state index in [0.717, 1.165) is 52.8 Å². The number of piperidine rings is 1. The highest BCUT2D eigenvalue weighted by molar-refractivity contribution is 9.10. The highest BCUT2D eigenvalue weighted by Gasteiger charge is 2.73. The number of nitrogens with zero attached hydrogens (tertiary/aromatic N) is 2. The van der Waals surface area contributed by atoms with Crippen molar-refractivity contribution in [3.05, 3.63) is 86.0 Å². The first-order valence-electron chi connectivity index (χ1n) is 14.0. The SMILES string of the molecule is CN(C(=O)/C=C/c1cc(Br)cs1)[C@H]1CC[C@@]2(O)[C@H]3Cc4ccc(O)c5c4[C@@]2(CCN3CCc2ccccc2)[C@H]1O5. The van der Waals surface area contributed by atoms with Crippen molar-refractivity contribution in [1.82, 2.24) is 9.80 Å². The number of amides is 1. The lowest BCUT2D eigenvalue weighted by molar-refractivity contribution is -0.199. The summed E-state index contributed by atoms with van der Waals surface area (Å²) in [5.74, 6) is 0.530. The van der Waals surface area contributed by atoms with Crippen LogP contribution in [0.15, 0.2) is 64.5 Å². The van der Waals surface area contributed by atoms with Gasteiger partial charge in [-0.2, -0.15) is 0 Å². The normalized spacial score (nSPS) is 30.2. The Bertz CT molecular complexity index is 1490. The van der Waals surface area contributed by atoms with Crippen LogP contribution in [0.1, 0.15) is 40.8 Å². The number of carbonyl (C=O) groups excluding carboxylic acids is 1. The van der Waals surface area contributed by atoms with E-state index in [-0.39, 0.29) is 23.7 Å². The summed E-state index contributed by atoms with van der Waals surface area (Å²) in [5, 5.41) is 25.6. The van der Waals surface area contributed by atoms with Gasteiger partial charge in [-0.3, -0.25) is 9.69 Å². The number of likely N-dealkylation sites (tertiary alicyclic amines) is 1. The Morgan fingerprint density at radius 2 is 2.08 bits per heavy atom. The zero-order valence-electron chi connectivity index (χ0n) is 22.4. The summed E-state index contributed by atoms with van der Waals surface area (Å²) in [6.07, 6.45) is 6.64. The van der Waals surface area contributed by atoms with Gasteiger partial charge in [-0.15, -0.1) is 11.3 Å². The summed E-state index contributed by atoms with van der Waals surface area (Å²) in [6.45, 7) is 1.72. The van der Waals surface area contributed by atoms with E-state index in [1.165, 1.54) is 5.56 Å². The molecule has 1 amide bonds. The summed E-state index contributed by atoms with van der Waals surface area (Å²) < 4.78 is 7.64. The van der Waals surface area contributed by atoms with Crippen LogP contribution in [0, 0.1) is 0 Å². The lowest BCUT2D eigenvalue weighted by Gasteiger charge is -2.64. The van der Waals surface area contributed by atoms with Gasteiger partial charge in [-0.05, 0) is 83.9 Å². The van der Waals surface area contributed by atoms with Gasteiger partial charge in [0.05, 0.1) is 17.1 Å². The van der Waals surface area contributed by atoms with Gasteiger partial charge in [-0.25, -0.2) is 0 Å². The Kier molecular flexibility index (Phi) is 6.38. The topological polar surface area (TPSA) is 73.2 Å². The Morgan fingerprint density at radius 3 is 2.85 bits per heavy atom. The van der Waals surface area contributed by atoms with Crippen LogP contribution in [-0.2, 0) is 23.1 Å². The van der Waals surface area contributed by atoms with Gasteiger partial charge in [0, 0.05) is 46.0 Å².